The molecular formula is C12H24O2. The van der Waals surface area contributed by atoms with Gasteiger partial charge in [0, 0.05) is 6.42 Å². The van der Waals surface area contributed by atoms with Crippen LogP contribution >= 0.6 is 0 Å². The molecule has 0 saturated carbocycles. The minimum atomic E-state index is -0.270. The summed E-state index contributed by atoms with van der Waals surface area (Å²) in [7, 11) is 0. The van der Waals surface area contributed by atoms with E-state index in [1.165, 1.54) is 19.3 Å². The molecule has 0 bridgehead atoms. The zero-order valence-electron chi connectivity index (χ0n) is 10.0. The number of hydrogen-bond acceptors (Lipinski definition) is 2. The first-order valence-corrected chi connectivity index (χ1v) is 5.99. The van der Waals surface area contributed by atoms with E-state index in [-0.39, 0.29) is 18.0 Å². The van der Waals surface area contributed by atoms with Crippen molar-refractivity contribution >= 4 is 0 Å². The van der Waals surface area contributed by atoms with Crippen molar-refractivity contribution in [2.45, 2.75) is 77.8 Å². The Bertz CT molecular complexity index is 158. The molecule has 1 aliphatic heterocycles. The fraction of sp³-hybridized carbons (Fsp3) is 1.00. The molecule has 0 unspecified atom stereocenters. The third kappa shape index (κ3) is 2.71. The molecule has 14 heavy (non-hydrogen) atoms. The Morgan fingerprint density at radius 2 is 1.57 bits per heavy atom. The van der Waals surface area contributed by atoms with E-state index in [1.807, 2.05) is 0 Å². The molecule has 1 heterocycles. The van der Waals surface area contributed by atoms with Gasteiger partial charge in [0.15, 0.2) is 5.79 Å². The summed E-state index contributed by atoms with van der Waals surface area (Å²) in [5, 5.41) is 0. The second-order valence-electron chi connectivity index (χ2n) is 4.37. The SMILES string of the molecule is CCCCCC1(CC)O[C@H](C)[C@@H](C)O1. The lowest BCUT2D eigenvalue weighted by molar-refractivity contribution is -0.180. The highest BCUT2D eigenvalue weighted by Crippen LogP contribution is 2.35. The Morgan fingerprint density at radius 3 is 2.00 bits per heavy atom. The zero-order chi connectivity index (χ0) is 10.6. The largest absolute Gasteiger partial charge is 0.344 e. The molecule has 0 spiro atoms. The Labute approximate surface area is 88.0 Å². The van der Waals surface area contributed by atoms with Gasteiger partial charge < -0.3 is 9.47 Å². The molecule has 0 N–H and O–H groups in total. The van der Waals surface area contributed by atoms with Gasteiger partial charge in [0.25, 0.3) is 0 Å². The molecule has 0 aromatic rings. The van der Waals surface area contributed by atoms with Crippen LogP contribution in [0.1, 0.15) is 59.8 Å². The number of unbranched alkanes of at least 4 members (excludes halogenated alkanes) is 2. The summed E-state index contributed by atoms with van der Waals surface area (Å²) in [6, 6.07) is 0. The monoisotopic (exact) mass is 200 g/mol. The van der Waals surface area contributed by atoms with Crippen LogP contribution in [0.25, 0.3) is 0 Å². The molecule has 2 nitrogen and oxygen atoms in total. The average molecular weight is 200 g/mol. The Balaban J connectivity index is 2.43. The van der Waals surface area contributed by atoms with Crippen molar-refractivity contribution in [3.05, 3.63) is 0 Å². The zero-order valence-corrected chi connectivity index (χ0v) is 10.0. The maximum Gasteiger partial charge on any atom is 0.168 e. The topological polar surface area (TPSA) is 18.5 Å². The number of hydrogen-bond donors (Lipinski definition) is 0. The highest BCUT2D eigenvalue weighted by molar-refractivity contribution is 4.80. The molecule has 1 aliphatic rings. The molecule has 2 heteroatoms. The Kier molecular flexibility index (Phi) is 4.39. The van der Waals surface area contributed by atoms with Crippen LogP contribution in [0.3, 0.4) is 0 Å². The summed E-state index contributed by atoms with van der Waals surface area (Å²) in [6.45, 7) is 8.57. The molecule has 2 atom stereocenters. The molecule has 1 saturated heterocycles. The summed E-state index contributed by atoms with van der Waals surface area (Å²) >= 11 is 0. The van der Waals surface area contributed by atoms with Gasteiger partial charge in [-0.15, -0.1) is 0 Å². The summed E-state index contributed by atoms with van der Waals surface area (Å²) < 4.78 is 11.9. The van der Waals surface area contributed by atoms with Crippen LogP contribution in [0.5, 0.6) is 0 Å². The van der Waals surface area contributed by atoms with Gasteiger partial charge in [-0.3, -0.25) is 0 Å². The summed E-state index contributed by atoms with van der Waals surface area (Å²) in [4.78, 5) is 0. The van der Waals surface area contributed by atoms with Crippen molar-refractivity contribution in [3.63, 3.8) is 0 Å². The molecule has 0 amide bonds. The van der Waals surface area contributed by atoms with E-state index in [0.29, 0.717) is 0 Å². The summed E-state index contributed by atoms with van der Waals surface area (Å²) in [5.41, 5.74) is 0. The van der Waals surface area contributed by atoms with Gasteiger partial charge in [0.2, 0.25) is 0 Å². The molecular weight excluding hydrogens is 176 g/mol. The fourth-order valence-electron chi connectivity index (χ4n) is 2.00. The van der Waals surface area contributed by atoms with Crippen molar-refractivity contribution in [3.8, 4) is 0 Å². The van der Waals surface area contributed by atoms with Crippen LogP contribution in [0, 0.1) is 0 Å². The molecule has 0 aliphatic carbocycles. The molecule has 0 aromatic carbocycles. The van der Waals surface area contributed by atoms with Crippen LogP contribution < -0.4 is 0 Å². The Morgan fingerprint density at radius 1 is 1.00 bits per heavy atom. The van der Waals surface area contributed by atoms with Crippen molar-refractivity contribution in [2.24, 2.45) is 0 Å². The van der Waals surface area contributed by atoms with Crippen LogP contribution in [0.2, 0.25) is 0 Å². The standard InChI is InChI=1S/C12H24O2/c1-5-7-8-9-12(6-2)13-10(3)11(4)14-12/h10-11H,5-9H2,1-4H3/t10-,11-/m1/s1. The molecule has 84 valence electrons. The molecule has 0 radical (unpaired) electrons. The van der Waals surface area contributed by atoms with E-state index in [2.05, 4.69) is 27.7 Å². The lowest BCUT2D eigenvalue weighted by Gasteiger charge is -2.26. The van der Waals surface area contributed by atoms with E-state index in [9.17, 15) is 0 Å². The first-order valence-electron chi connectivity index (χ1n) is 5.99. The first kappa shape index (κ1) is 12.0. The molecule has 0 aromatic heterocycles. The minimum absolute atomic E-state index is 0.247. The highest BCUT2D eigenvalue weighted by atomic mass is 16.8. The van der Waals surface area contributed by atoms with Crippen LogP contribution in [-0.4, -0.2) is 18.0 Å². The minimum Gasteiger partial charge on any atom is -0.344 e. The van der Waals surface area contributed by atoms with Crippen molar-refractivity contribution in [1.29, 1.82) is 0 Å². The van der Waals surface area contributed by atoms with Gasteiger partial charge in [-0.2, -0.15) is 0 Å². The first-order chi connectivity index (χ1) is 6.63. The predicted molar refractivity (Wildman–Crippen MR) is 58.3 cm³/mol. The molecule has 1 fully saturated rings. The third-order valence-electron chi connectivity index (χ3n) is 3.16. The second-order valence-corrected chi connectivity index (χ2v) is 4.37. The number of rotatable bonds is 5. The van der Waals surface area contributed by atoms with E-state index >= 15 is 0 Å². The normalized spacial score (nSPS) is 30.9. The van der Waals surface area contributed by atoms with Gasteiger partial charge in [-0.25, -0.2) is 0 Å². The predicted octanol–water partition coefficient (Wildman–Crippen LogP) is 3.50. The maximum atomic E-state index is 5.93. The van der Waals surface area contributed by atoms with E-state index in [1.54, 1.807) is 0 Å². The third-order valence-corrected chi connectivity index (χ3v) is 3.16. The van der Waals surface area contributed by atoms with Gasteiger partial charge in [0.05, 0.1) is 12.2 Å². The quantitative estimate of drug-likeness (QED) is 0.632. The lowest BCUT2D eigenvalue weighted by Crippen LogP contribution is -2.29. The van der Waals surface area contributed by atoms with Gasteiger partial charge in [0.1, 0.15) is 0 Å². The lowest BCUT2D eigenvalue weighted by atomic mass is 10.1. The average Bonchev–Trinajstić information content (AvgIpc) is 2.44. The van der Waals surface area contributed by atoms with E-state index in [0.717, 1.165) is 12.8 Å². The van der Waals surface area contributed by atoms with Crippen molar-refractivity contribution in [2.75, 3.05) is 0 Å². The van der Waals surface area contributed by atoms with Gasteiger partial charge >= 0.3 is 0 Å². The van der Waals surface area contributed by atoms with Gasteiger partial charge in [-0.1, -0.05) is 26.7 Å². The van der Waals surface area contributed by atoms with Crippen LogP contribution in [0.15, 0.2) is 0 Å². The smallest absolute Gasteiger partial charge is 0.168 e. The number of ether oxygens (including phenoxy) is 2. The van der Waals surface area contributed by atoms with Crippen molar-refractivity contribution in [1.82, 2.24) is 0 Å². The van der Waals surface area contributed by atoms with E-state index in [4.69, 9.17) is 9.47 Å². The Hall–Kier alpha value is -0.0800. The summed E-state index contributed by atoms with van der Waals surface area (Å²) in [6.07, 6.45) is 6.25. The second kappa shape index (κ2) is 5.13. The van der Waals surface area contributed by atoms with Crippen LogP contribution in [0.4, 0.5) is 0 Å². The fourth-order valence-corrected chi connectivity index (χ4v) is 2.00. The summed E-state index contributed by atoms with van der Waals surface area (Å²) in [5.74, 6) is -0.270. The van der Waals surface area contributed by atoms with E-state index < -0.39 is 0 Å². The highest BCUT2D eigenvalue weighted by Gasteiger charge is 2.41. The maximum absolute atomic E-state index is 5.93. The molecule has 1 rings (SSSR count). The van der Waals surface area contributed by atoms with Gasteiger partial charge in [-0.05, 0) is 26.7 Å². The van der Waals surface area contributed by atoms with Crippen molar-refractivity contribution < 1.29 is 9.47 Å². The van der Waals surface area contributed by atoms with Crippen LogP contribution in [-0.2, 0) is 9.47 Å².